The molecule has 1 atom stereocenters. The van der Waals surface area contributed by atoms with Crippen molar-refractivity contribution >= 4 is 5.69 Å². The molecule has 0 spiro atoms. The van der Waals surface area contributed by atoms with Crippen LogP contribution in [0.5, 0.6) is 0 Å². The molecule has 24 heavy (non-hydrogen) atoms. The summed E-state index contributed by atoms with van der Waals surface area (Å²) >= 11 is 0. The molecule has 1 aromatic rings. The molecule has 2 fully saturated rings. The maximum atomic E-state index is 13.3. The second-order valence-corrected chi connectivity index (χ2v) is 6.36. The molecular formula is C17H20F3N3O. The second kappa shape index (κ2) is 6.99. The molecule has 0 aromatic heterocycles. The van der Waals surface area contributed by atoms with Crippen LogP contribution >= 0.6 is 0 Å². The minimum absolute atomic E-state index is 0.131. The summed E-state index contributed by atoms with van der Waals surface area (Å²) in [7, 11) is 0. The van der Waals surface area contributed by atoms with Gasteiger partial charge < -0.3 is 9.64 Å². The molecule has 2 aliphatic rings. The van der Waals surface area contributed by atoms with Gasteiger partial charge in [-0.1, -0.05) is 0 Å². The molecule has 2 aliphatic heterocycles. The van der Waals surface area contributed by atoms with Crippen molar-refractivity contribution in [2.24, 2.45) is 5.92 Å². The fourth-order valence-electron chi connectivity index (χ4n) is 3.45. The highest BCUT2D eigenvalue weighted by molar-refractivity contribution is 5.59. The number of nitrogens with zero attached hydrogens (tertiary/aromatic N) is 3. The average molecular weight is 339 g/mol. The molecule has 1 aromatic carbocycles. The van der Waals surface area contributed by atoms with Crippen LogP contribution in [0, 0.1) is 17.2 Å². The Morgan fingerprint density at radius 3 is 2.62 bits per heavy atom. The summed E-state index contributed by atoms with van der Waals surface area (Å²) in [4.78, 5) is 4.09. The molecule has 2 heterocycles. The van der Waals surface area contributed by atoms with Crippen LogP contribution in [0.25, 0.3) is 0 Å². The normalized spacial score (nSPS) is 22.6. The van der Waals surface area contributed by atoms with E-state index in [1.165, 1.54) is 12.1 Å². The van der Waals surface area contributed by atoms with E-state index in [2.05, 4.69) is 4.90 Å². The van der Waals surface area contributed by atoms with E-state index < -0.39 is 11.7 Å². The number of ether oxygens (including phenoxy) is 1. The maximum Gasteiger partial charge on any atom is 0.418 e. The lowest BCUT2D eigenvalue weighted by atomic mass is 10.1. The van der Waals surface area contributed by atoms with E-state index in [-0.39, 0.29) is 11.3 Å². The molecule has 2 saturated heterocycles. The first kappa shape index (κ1) is 17.1. The third-order valence-electron chi connectivity index (χ3n) is 4.68. The fraction of sp³-hybridized carbons (Fsp3) is 0.588. The van der Waals surface area contributed by atoms with Gasteiger partial charge >= 0.3 is 6.18 Å². The number of alkyl halides is 3. The Morgan fingerprint density at radius 2 is 1.96 bits per heavy atom. The van der Waals surface area contributed by atoms with Crippen molar-refractivity contribution in [2.45, 2.75) is 12.6 Å². The highest BCUT2D eigenvalue weighted by atomic mass is 19.4. The molecule has 0 amide bonds. The molecule has 0 aliphatic carbocycles. The van der Waals surface area contributed by atoms with Crippen LogP contribution in [-0.2, 0) is 10.9 Å². The number of nitriles is 1. The number of halogens is 3. The lowest BCUT2D eigenvalue weighted by Crippen LogP contribution is -2.40. The van der Waals surface area contributed by atoms with Crippen molar-refractivity contribution in [2.75, 3.05) is 50.8 Å². The molecule has 0 radical (unpaired) electrons. The summed E-state index contributed by atoms with van der Waals surface area (Å²) in [5, 5.41) is 9.00. The summed E-state index contributed by atoms with van der Waals surface area (Å²) < 4.78 is 45.2. The van der Waals surface area contributed by atoms with Gasteiger partial charge in [0.15, 0.2) is 0 Å². The lowest BCUT2D eigenvalue weighted by molar-refractivity contribution is -0.137. The van der Waals surface area contributed by atoms with Crippen LogP contribution in [0.4, 0.5) is 18.9 Å². The number of hydrogen-bond acceptors (Lipinski definition) is 4. The maximum absolute atomic E-state index is 13.3. The summed E-state index contributed by atoms with van der Waals surface area (Å²) in [5.74, 6) is 0.343. The van der Waals surface area contributed by atoms with Gasteiger partial charge in [-0.25, -0.2) is 0 Å². The predicted octanol–water partition coefficient (Wildman–Crippen LogP) is 2.74. The highest BCUT2D eigenvalue weighted by Gasteiger charge is 2.36. The van der Waals surface area contributed by atoms with Gasteiger partial charge in [-0.2, -0.15) is 18.4 Å². The Morgan fingerprint density at radius 1 is 1.21 bits per heavy atom. The van der Waals surface area contributed by atoms with Crippen LogP contribution in [0.1, 0.15) is 17.5 Å². The number of benzene rings is 1. The first-order chi connectivity index (χ1) is 11.5. The average Bonchev–Trinajstić information content (AvgIpc) is 3.03. The van der Waals surface area contributed by atoms with Crippen molar-refractivity contribution in [3.05, 3.63) is 29.3 Å². The van der Waals surface area contributed by atoms with Crippen molar-refractivity contribution in [3.63, 3.8) is 0 Å². The van der Waals surface area contributed by atoms with Gasteiger partial charge in [-0.15, -0.1) is 0 Å². The largest absolute Gasteiger partial charge is 0.418 e. The Balaban J connectivity index is 1.73. The van der Waals surface area contributed by atoms with E-state index in [0.717, 1.165) is 45.3 Å². The molecular weight excluding hydrogens is 319 g/mol. The van der Waals surface area contributed by atoms with Gasteiger partial charge in [-0.05, 0) is 30.5 Å². The van der Waals surface area contributed by atoms with Crippen molar-refractivity contribution in [1.82, 2.24) is 4.90 Å². The molecule has 4 nitrogen and oxygen atoms in total. The quantitative estimate of drug-likeness (QED) is 0.849. The number of hydrogen-bond donors (Lipinski definition) is 0. The third kappa shape index (κ3) is 3.82. The lowest BCUT2D eigenvalue weighted by Gasteiger charge is -2.29. The van der Waals surface area contributed by atoms with E-state index in [4.69, 9.17) is 10.00 Å². The van der Waals surface area contributed by atoms with Crippen LogP contribution in [0.2, 0.25) is 0 Å². The summed E-state index contributed by atoms with van der Waals surface area (Å²) in [6.45, 7) is 5.28. The van der Waals surface area contributed by atoms with E-state index in [9.17, 15) is 13.2 Å². The minimum atomic E-state index is -4.41. The van der Waals surface area contributed by atoms with Gasteiger partial charge in [0.1, 0.15) is 0 Å². The number of morpholine rings is 1. The Bertz CT molecular complexity index is 620. The molecule has 1 unspecified atom stereocenters. The predicted molar refractivity (Wildman–Crippen MR) is 83.7 cm³/mol. The Hall–Kier alpha value is -1.78. The van der Waals surface area contributed by atoms with E-state index in [0.29, 0.717) is 19.0 Å². The highest BCUT2D eigenvalue weighted by Crippen LogP contribution is 2.39. The van der Waals surface area contributed by atoms with E-state index >= 15 is 0 Å². The first-order valence-corrected chi connectivity index (χ1v) is 8.14. The number of anilines is 1. The fourth-order valence-corrected chi connectivity index (χ4v) is 3.45. The third-order valence-corrected chi connectivity index (χ3v) is 4.68. The zero-order valence-electron chi connectivity index (χ0n) is 13.4. The van der Waals surface area contributed by atoms with Crippen molar-refractivity contribution < 1.29 is 17.9 Å². The summed E-state index contributed by atoms with van der Waals surface area (Å²) in [6.07, 6.45) is -3.54. The van der Waals surface area contributed by atoms with Crippen LogP contribution in [-0.4, -0.2) is 50.8 Å². The van der Waals surface area contributed by atoms with Gasteiger partial charge in [-0.3, -0.25) is 4.90 Å². The van der Waals surface area contributed by atoms with Gasteiger partial charge in [0.2, 0.25) is 0 Å². The molecule has 0 N–H and O–H groups in total. The molecule has 0 saturated carbocycles. The van der Waals surface area contributed by atoms with E-state index in [1.54, 1.807) is 4.90 Å². The topological polar surface area (TPSA) is 39.5 Å². The molecule has 0 bridgehead atoms. The second-order valence-electron chi connectivity index (χ2n) is 6.36. The molecule has 130 valence electrons. The van der Waals surface area contributed by atoms with Crippen LogP contribution in [0.15, 0.2) is 18.2 Å². The van der Waals surface area contributed by atoms with Crippen LogP contribution < -0.4 is 4.90 Å². The van der Waals surface area contributed by atoms with Gasteiger partial charge in [0, 0.05) is 32.7 Å². The summed E-state index contributed by atoms with van der Waals surface area (Å²) in [5.41, 5.74) is -0.269. The Labute approximate surface area is 139 Å². The smallest absolute Gasteiger partial charge is 0.379 e. The minimum Gasteiger partial charge on any atom is -0.379 e. The Kier molecular flexibility index (Phi) is 4.97. The SMILES string of the molecule is N#Cc1ccc(C(F)(F)F)c(N2CCC(CN3CCOCC3)C2)c1. The van der Waals surface area contributed by atoms with Crippen LogP contribution in [0.3, 0.4) is 0 Å². The zero-order chi connectivity index (χ0) is 17.2. The standard InChI is InChI=1S/C17H20F3N3O/c18-17(19,20)15-2-1-13(10-21)9-16(15)23-4-3-14(12-23)11-22-5-7-24-8-6-22/h1-2,9,14H,3-8,11-12H2. The van der Waals surface area contributed by atoms with Crippen molar-refractivity contribution in [3.8, 4) is 6.07 Å². The first-order valence-electron chi connectivity index (χ1n) is 8.14. The molecule has 3 rings (SSSR count). The number of rotatable bonds is 3. The molecule has 7 heteroatoms. The van der Waals surface area contributed by atoms with Crippen molar-refractivity contribution in [1.29, 1.82) is 5.26 Å². The van der Waals surface area contributed by atoms with Gasteiger partial charge in [0.05, 0.1) is 36.1 Å². The zero-order valence-corrected chi connectivity index (χ0v) is 13.4. The summed E-state index contributed by atoms with van der Waals surface area (Å²) in [6, 6.07) is 5.54. The monoisotopic (exact) mass is 339 g/mol. The van der Waals surface area contributed by atoms with E-state index in [1.807, 2.05) is 6.07 Å². The van der Waals surface area contributed by atoms with Gasteiger partial charge in [0.25, 0.3) is 0 Å².